The van der Waals surface area contributed by atoms with E-state index in [1.165, 1.54) is 0 Å². The SMILES string of the molecule is C[C@H](NCCCCCCCCCN[C@@H](C)C(=O)NC(=O)OCc1ccccc1)C(=O)NC(=O)OCc1ccccc1. The van der Waals surface area contributed by atoms with E-state index in [-0.39, 0.29) is 13.2 Å². The number of carbonyl (C=O) groups excluding carboxylic acids is 4. The van der Waals surface area contributed by atoms with Gasteiger partial charge in [0, 0.05) is 0 Å². The van der Waals surface area contributed by atoms with E-state index in [2.05, 4.69) is 21.3 Å². The molecule has 0 saturated carbocycles. The number of ether oxygens (including phenoxy) is 2. The van der Waals surface area contributed by atoms with Crippen LogP contribution in [0, 0.1) is 0 Å². The van der Waals surface area contributed by atoms with Crippen LogP contribution < -0.4 is 21.3 Å². The number of unbranched alkanes of at least 4 members (excludes halogenated alkanes) is 6. The quantitative estimate of drug-likeness (QED) is 0.192. The third kappa shape index (κ3) is 15.6. The molecule has 4 amide bonds. The molecule has 0 saturated heterocycles. The fourth-order valence-electron chi connectivity index (χ4n) is 3.89. The molecule has 41 heavy (non-hydrogen) atoms. The molecule has 2 aromatic carbocycles. The summed E-state index contributed by atoms with van der Waals surface area (Å²) in [6, 6.07) is 17.6. The van der Waals surface area contributed by atoms with Crippen LogP contribution in [-0.4, -0.2) is 49.2 Å². The van der Waals surface area contributed by atoms with Gasteiger partial charge in [0.15, 0.2) is 0 Å². The summed E-state index contributed by atoms with van der Waals surface area (Å²) in [4.78, 5) is 47.9. The van der Waals surface area contributed by atoms with E-state index in [9.17, 15) is 19.2 Å². The summed E-state index contributed by atoms with van der Waals surface area (Å²) in [7, 11) is 0. The van der Waals surface area contributed by atoms with Crippen molar-refractivity contribution in [2.75, 3.05) is 13.1 Å². The van der Waals surface area contributed by atoms with E-state index in [4.69, 9.17) is 9.47 Å². The summed E-state index contributed by atoms with van der Waals surface area (Å²) in [6.07, 6.45) is 5.81. The van der Waals surface area contributed by atoms with Crippen LogP contribution in [0.3, 0.4) is 0 Å². The molecule has 0 aliphatic heterocycles. The Morgan fingerprint density at radius 2 is 0.902 bits per heavy atom. The molecule has 0 bridgehead atoms. The molecule has 4 N–H and O–H groups in total. The Balaban J connectivity index is 1.39. The predicted molar refractivity (Wildman–Crippen MR) is 157 cm³/mol. The van der Waals surface area contributed by atoms with Crippen molar-refractivity contribution in [1.82, 2.24) is 21.3 Å². The topological polar surface area (TPSA) is 135 Å². The Hall–Kier alpha value is -3.76. The Morgan fingerprint density at radius 3 is 1.27 bits per heavy atom. The van der Waals surface area contributed by atoms with Crippen LogP contribution in [-0.2, 0) is 32.3 Å². The van der Waals surface area contributed by atoms with Gasteiger partial charge in [0.25, 0.3) is 0 Å². The largest absolute Gasteiger partial charge is 0.444 e. The van der Waals surface area contributed by atoms with Crippen molar-refractivity contribution >= 4 is 24.0 Å². The maximum Gasteiger partial charge on any atom is 0.414 e. The number of benzene rings is 2. The number of rotatable bonds is 18. The molecule has 2 atom stereocenters. The minimum atomic E-state index is -0.750. The van der Waals surface area contributed by atoms with Crippen LogP contribution in [0.15, 0.2) is 60.7 Å². The van der Waals surface area contributed by atoms with Crippen molar-refractivity contribution in [1.29, 1.82) is 0 Å². The number of amides is 4. The highest BCUT2D eigenvalue weighted by molar-refractivity contribution is 5.95. The first-order chi connectivity index (χ1) is 19.8. The molecule has 10 heteroatoms. The molecule has 10 nitrogen and oxygen atoms in total. The second-order valence-electron chi connectivity index (χ2n) is 9.93. The average molecular weight is 569 g/mol. The van der Waals surface area contributed by atoms with Gasteiger partial charge in [-0.1, -0.05) is 92.8 Å². The molecule has 2 aromatic rings. The summed E-state index contributed by atoms with van der Waals surface area (Å²) >= 11 is 0. The first kappa shape index (κ1) is 33.4. The normalized spacial score (nSPS) is 12.1. The second kappa shape index (κ2) is 20.2. The van der Waals surface area contributed by atoms with E-state index >= 15 is 0 Å². The maximum absolute atomic E-state index is 12.1. The van der Waals surface area contributed by atoms with Gasteiger partial charge < -0.3 is 20.1 Å². The highest BCUT2D eigenvalue weighted by Crippen LogP contribution is 2.07. The van der Waals surface area contributed by atoms with Crippen LogP contribution >= 0.6 is 0 Å². The third-order valence-corrected chi connectivity index (χ3v) is 6.42. The van der Waals surface area contributed by atoms with Crippen molar-refractivity contribution in [2.45, 2.75) is 84.1 Å². The molecule has 0 unspecified atom stereocenters. The van der Waals surface area contributed by atoms with Crippen molar-refractivity contribution in [3.63, 3.8) is 0 Å². The fourth-order valence-corrected chi connectivity index (χ4v) is 3.89. The van der Waals surface area contributed by atoms with E-state index < -0.39 is 36.1 Å². The minimum absolute atomic E-state index is 0.114. The first-order valence-corrected chi connectivity index (χ1v) is 14.3. The van der Waals surface area contributed by atoms with Crippen LogP contribution in [0.1, 0.15) is 69.9 Å². The number of alkyl carbamates (subject to hydrolysis) is 2. The molecule has 0 aliphatic carbocycles. The fraction of sp³-hybridized carbons (Fsp3) is 0.484. The lowest BCUT2D eigenvalue weighted by atomic mass is 10.1. The molecule has 0 radical (unpaired) electrons. The molecule has 0 spiro atoms. The number of hydrogen-bond acceptors (Lipinski definition) is 8. The summed E-state index contributed by atoms with van der Waals surface area (Å²) in [5.74, 6) is -0.821. The summed E-state index contributed by atoms with van der Waals surface area (Å²) < 4.78 is 10.1. The number of hydrogen-bond donors (Lipinski definition) is 4. The zero-order valence-corrected chi connectivity index (χ0v) is 24.2. The van der Waals surface area contributed by atoms with Gasteiger partial charge in [0.05, 0.1) is 12.1 Å². The summed E-state index contributed by atoms with van der Waals surface area (Å²) in [5.41, 5.74) is 1.71. The zero-order chi connectivity index (χ0) is 29.7. The lowest BCUT2D eigenvalue weighted by molar-refractivity contribution is -0.123. The van der Waals surface area contributed by atoms with E-state index in [1.807, 2.05) is 60.7 Å². The molecule has 2 rings (SSSR count). The lowest BCUT2D eigenvalue weighted by Gasteiger charge is -2.14. The van der Waals surface area contributed by atoms with Gasteiger partial charge in [-0.2, -0.15) is 0 Å². The zero-order valence-electron chi connectivity index (χ0n) is 24.2. The molecule has 224 valence electrons. The minimum Gasteiger partial charge on any atom is -0.444 e. The summed E-state index contributed by atoms with van der Waals surface area (Å²) in [6.45, 7) is 5.05. The van der Waals surface area contributed by atoms with Crippen LogP contribution in [0.5, 0.6) is 0 Å². The molecular weight excluding hydrogens is 524 g/mol. The molecule has 0 aliphatic rings. The highest BCUT2D eigenvalue weighted by atomic mass is 16.6. The predicted octanol–water partition coefficient (Wildman–Crippen LogP) is 4.58. The van der Waals surface area contributed by atoms with Crippen molar-refractivity contribution in [3.05, 3.63) is 71.8 Å². The van der Waals surface area contributed by atoms with E-state index in [1.54, 1.807) is 13.8 Å². The van der Waals surface area contributed by atoms with E-state index in [0.29, 0.717) is 13.1 Å². The van der Waals surface area contributed by atoms with Gasteiger partial charge in [0.2, 0.25) is 11.8 Å². The Bertz CT molecular complexity index is 968. The van der Waals surface area contributed by atoms with Crippen molar-refractivity contribution in [3.8, 4) is 0 Å². The standard InChI is InChI=1S/C31H44N4O6/c1-24(28(36)34-30(38)40-22-26-16-10-8-11-17-26)32-20-14-6-4-3-5-7-15-21-33-25(2)29(37)35-31(39)41-23-27-18-12-9-13-19-27/h8-13,16-19,24-25,32-33H,3-7,14-15,20-23H2,1-2H3,(H,34,36,38)(H,35,37,39)/t24-,25-/m0/s1. The van der Waals surface area contributed by atoms with Gasteiger partial charge in [-0.15, -0.1) is 0 Å². The molecular formula is C31H44N4O6. The molecule has 0 heterocycles. The van der Waals surface area contributed by atoms with Gasteiger partial charge >= 0.3 is 12.2 Å². The number of carbonyl (C=O) groups is 4. The monoisotopic (exact) mass is 568 g/mol. The molecule has 0 fully saturated rings. The van der Waals surface area contributed by atoms with Crippen LogP contribution in [0.25, 0.3) is 0 Å². The highest BCUT2D eigenvalue weighted by Gasteiger charge is 2.17. The van der Waals surface area contributed by atoms with Gasteiger partial charge in [0.1, 0.15) is 13.2 Å². The Labute approximate surface area is 242 Å². The van der Waals surface area contributed by atoms with Crippen molar-refractivity contribution in [2.24, 2.45) is 0 Å². The van der Waals surface area contributed by atoms with Crippen LogP contribution in [0.4, 0.5) is 9.59 Å². The Morgan fingerprint density at radius 1 is 0.561 bits per heavy atom. The molecule has 0 aromatic heterocycles. The Kier molecular flexibility index (Phi) is 16.5. The lowest BCUT2D eigenvalue weighted by Crippen LogP contribution is -2.45. The third-order valence-electron chi connectivity index (χ3n) is 6.42. The number of imide groups is 2. The number of nitrogens with one attached hydrogen (secondary N) is 4. The average Bonchev–Trinajstić information content (AvgIpc) is 2.98. The van der Waals surface area contributed by atoms with E-state index in [0.717, 1.165) is 56.1 Å². The maximum atomic E-state index is 12.1. The van der Waals surface area contributed by atoms with Gasteiger partial charge in [-0.25, -0.2) is 9.59 Å². The van der Waals surface area contributed by atoms with Gasteiger partial charge in [-0.3, -0.25) is 20.2 Å². The smallest absolute Gasteiger partial charge is 0.414 e. The van der Waals surface area contributed by atoms with Crippen LogP contribution in [0.2, 0.25) is 0 Å². The second-order valence-corrected chi connectivity index (χ2v) is 9.93. The summed E-state index contributed by atoms with van der Waals surface area (Å²) in [5, 5.41) is 10.8. The first-order valence-electron chi connectivity index (χ1n) is 14.3. The van der Waals surface area contributed by atoms with Gasteiger partial charge in [-0.05, 0) is 50.9 Å². The van der Waals surface area contributed by atoms with Crippen molar-refractivity contribution < 1.29 is 28.7 Å².